The molecule has 0 bridgehead atoms. The first kappa shape index (κ1) is 0.531. The van der Waals surface area contributed by atoms with Gasteiger partial charge in [0.1, 0.15) is 0 Å². The second-order valence-corrected chi connectivity index (χ2v) is 1.62. The van der Waals surface area contributed by atoms with E-state index in [0.717, 1.165) is 6.55 Å². The molecule has 0 aliphatic heterocycles. The summed E-state index contributed by atoms with van der Waals surface area (Å²) in [5, 5.41) is 0. The molecule has 0 amide bonds. The van der Waals surface area contributed by atoms with E-state index >= 15 is 0 Å². The molecular weight excluding hydrogens is 76.1 g/mol. The molecule has 0 aliphatic carbocycles. The zero-order valence-corrected chi connectivity index (χ0v) is 4.00. The summed E-state index contributed by atoms with van der Waals surface area (Å²) in [6.45, 7) is -5.34. The standard InChI is InChI=1S/C4H12Si/c1-4(2)5-3/h4H,5H2,1-3H3/i1D3,2D3,4D,5D2. The summed E-state index contributed by atoms with van der Waals surface area (Å²) < 4.78 is 63.9. The van der Waals surface area contributed by atoms with Crippen molar-refractivity contribution >= 4 is 9.38 Å². The highest BCUT2D eigenvalue weighted by Gasteiger charge is 1.81. The Hall–Kier alpha value is 0.217. The van der Waals surface area contributed by atoms with Crippen LogP contribution in [0, 0.1) is 0 Å². The first-order valence-corrected chi connectivity index (χ1v) is 2.75. The predicted molar refractivity (Wildman–Crippen MR) is 29.5 cm³/mol. The van der Waals surface area contributed by atoms with E-state index in [2.05, 4.69) is 0 Å². The molecule has 0 rings (SSSR count). The zero-order valence-electron chi connectivity index (χ0n) is 12.0. The molecule has 0 aliphatic rings. The first-order chi connectivity index (χ1) is 5.75. The van der Waals surface area contributed by atoms with Gasteiger partial charge < -0.3 is 0 Å². The van der Waals surface area contributed by atoms with Crippen LogP contribution in [0.4, 0.5) is 0 Å². The molecule has 5 heavy (non-hydrogen) atoms. The molecule has 0 saturated carbocycles. The Morgan fingerprint density at radius 2 is 2.80 bits per heavy atom. The lowest BCUT2D eigenvalue weighted by molar-refractivity contribution is 1.06. The van der Waals surface area contributed by atoms with Gasteiger partial charge >= 0.3 is 0 Å². The maximum Gasteiger partial charge on any atom is 0.0260 e. The SMILES string of the molecule is [2H]C([2H])([2H])C([2H])(C([2H])([2H])[2H])[Si]([2H])([2H])C. The van der Waals surface area contributed by atoms with Crippen LogP contribution < -0.4 is 0 Å². The van der Waals surface area contributed by atoms with Gasteiger partial charge in [0.15, 0.2) is 0 Å². The van der Waals surface area contributed by atoms with Crippen LogP contribution in [0.1, 0.15) is 23.3 Å². The summed E-state index contributed by atoms with van der Waals surface area (Å²) in [5.41, 5.74) is -2.97. The molecule has 0 aromatic rings. The van der Waals surface area contributed by atoms with E-state index in [4.69, 9.17) is 12.1 Å². The monoisotopic (exact) mass is 97.1 g/mol. The van der Waals surface area contributed by atoms with Gasteiger partial charge in [-0.05, 0) is 0 Å². The molecule has 0 saturated heterocycles. The number of rotatable bonds is 1. The molecular formula is C4H12Si. The summed E-state index contributed by atoms with van der Waals surface area (Å²) in [7, 11) is -4.14. The fraction of sp³-hybridized carbons (Fsp3) is 1.00. The summed E-state index contributed by atoms with van der Waals surface area (Å²) >= 11 is 0. The number of hydrogen-bond donors (Lipinski definition) is 0. The second-order valence-electron chi connectivity index (χ2n) is 0.625. The van der Waals surface area contributed by atoms with Crippen molar-refractivity contribution in [1.29, 1.82) is 2.47 Å². The molecule has 0 N–H and O–H groups in total. The fourth-order valence-corrected chi connectivity index (χ4v) is 0. The van der Waals surface area contributed by atoms with Crippen molar-refractivity contribution in [2.75, 3.05) is 0 Å². The lowest BCUT2D eigenvalue weighted by atomic mass is 10.6. The Kier molecular flexibility index (Phi) is 0.261. The molecule has 0 unspecified atom stereocenters. The third-order valence-electron chi connectivity index (χ3n) is 0.250. The van der Waals surface area contributed by atoms with Crippen LogP contribution in [-0.4, -0.2) is 11.9 Å². The van der Waals surface area contributed by atoms with Crippen molar-refractivity contribution in [2.45, 2.75) is 25.8 Å². The van der Waals surface area contributed by atoms with Crippen molar-refractivity contribution < 1.29 is 9.60 Å². The first-order valence-electron chi connectivity index (χ1n) is 5.75. The van der Waals surface area contributed by atoms with E-state index in [-0.39, 0.29) is 0 Å². The maximum atomic E-state index is 7.44. The van der Waals surface area contributed by atoms with Gasteiger partial charge in [0.2, 0.25) is 0 Å². The smallest absolute Gasteiger partial charge is 0.0260 e. The molecule has 32 valence electrons. The average molecular weight is 97.3 g/mol. The van der Waals surface area contributed by atoms with E-state index in [1.807, 2.05) is 0 Å². The highest BCUT2D eigenvalue weighted by molar-refractivity contribution is 6.35. The van der Waals surface area contributed by atoms with E-state index in [1.165, 1.54) is 0 Å². The minimum absolute atomic E-state index is 0.929. The van der Waals surface area contributed by atoms with Gasteiger partial charge in [0.25, 0.3) is 0 Å². The molecule has 0 radical (unpaired) electrons. The molecule has 0 aromatic carbocycles. The third-order valence-corrected chi connectivity index (χ3v) is 0.750. The van der Waals surface area contributed by atoms with Crippen LogP contribution >= 0.6 is 0 Å². The van der Waals surface area contributed by atoms with Crippen molar-refractivity contribution in [1.82, 2.24) is 0 Å². The molecule has 0 spiro atoms. The van der Waals surface area contributed by atoms with Crippen LogP contribution in [0.5, 0.6) is 0 Å². The molecule has 0 atom stereocenters. The molecule has 0 aromatic heterocycles. The van der Waals surface area contributed by atoms with Crippen LogP contribution in [-0.2, 0) is 0 Å². The Balaban J connectivity index is 5.54. The fourth-order valence-electron chi connectivity index (χ4n) is 0. The summed E-state index contributed by atoms with van der Waals surface area (Å²) in [6.07, 6.45) is 0. The van der Waals surface area contributed by atoms with Crippen molar-refractivity contribution in [3.8, 4) is 0 Å². The normalized spacial score (nSPS) is 46.2. The molecule has 0 nitrogen and oxygen atoms in total. The number of hydrogen-bond acceptors (Lipinski definition) is 0. The lowest BCUT2D eigenvalue weighted by Crippen LogP contribution is -1.83. The third kappa shape index (κ3) is 4.22. The summed E-state index contributed by atoms with van der Waals surface area (Å²) in [4.78, 5) is 0. The highest BCUT2D eigenvalue weighted by atomic mass is 28.2. The minimum Gasteiger partial charge on any atom is -0.0746 e. The lowest BCUT2D eigenvalue weighted by Gasteiger charge is -1.89. The molecule has 1 heteroatoms. The van der Waals surface area contributed by atoms with E-state index in [0.29, 0.717) is 0 Å². The maximum absolute atomic E-state index is 7.44. The van der Waals surface area contributed by atoms with Gasteiger partial charge in [-0.1, -0.05) is 25.8 Å². The topological polar surface area (TPSA) is 0 Å². The Bertz CT molecular complexity index is 170. The van der Waals surface area contributed by atoms with Crippen LogP contribution in [0.2, 0.25) is 12.1 Å². The Morgan fingerprint density at radius 1 is 2.20 bits per heavy atom. The van der Waals surface area contributed by atoms with E-state index < -0.39 is 28.6 Å². The van der Waals surface area contributed by atoms with Gasteiger partial charge in [-0.25, -0.2) is 0 Å². The molecule has 0 heterocycles. The average Bonchev–Trinajstić information content (AvgIpc) is 1.77. The van der Waals surface area contributed by atoms with Crippen molar-refractivity contribution in [3.05, 3.63) is 0 Å². The largest absolute Gasteiger partial charge is 0.0746 e. The minimum atomic E-state index is -4.14. The quantitative estimate of drug-likeness (QED) is 0.429. The highest BCUT2D eigenvalue weighted by Crippen LogP contribution is 1.92. The Morgan fingerprint density at radius 3 is 2.80 bits per heavy atom. The van der Waals surface area contributed by atoms with Gasteiger partial charge in [-0.2, -0.15) is 0 Å². The van der Waals surface area contributed by atoms with Gasteiger partial charge in [0.05, 0.1) is 0 Å². The van der Waals surface area contributed by atoms with Crippen molar-refractivity contribution in [3.63, 3.8) is 0 Å². The molecule has 0 fully saturated rings. The van der Waals surface area contributed by atoms with Crippen LogP contribution in [0.15, 0.2) is 0 Å². The van der Waals surface area contributed by atoms with E-state index in [1.54, 1.807) is 0 Å². The van der Waals surface area contributed by atoms with Crippen LogP contribution in [0.25, 0.3) is 0 Å². The summed E-state index contributed by atoms with van der Waals surface area (Å²) in [6, 6.07) is 0. The summed E-state index contributed by atoms with van der Waals surface area (Å²) in [5.74, 6) is 0. The van der Waals surface area contributed by atoms with Gasteiger partial charge in [-0.3, -0.25) is 0 Å². The Labute approximate surface area is 48.7 Å². The zero-order chi connectivity index (χ0) is 12.0. The van der Waals surface area contributed by atoms with E-state index in [9.17, 15) is 0 Å². The van der Waals surface area contributed by atoms with Gasteiger partial charge in [-0.15, -0.1) is 0 Å². The second kappa shape index (κ2) is 2.45. The van der Waals surface area contributed by atoms with Gasteiger partial charge in [0, 0.05) is 21.4 Å². The predicted octanol–water partition coefficient (Wildman–Crippen LogP) is 1.03. The van der Waals surface area contributed by atoms with Crippen molar-refractivity contribution in [2.24, 2.45) is 0 Å². The van der Waals surface area contributed by atoms with Crippen LogP contribution in [0.3, 0.4) is 0 Å².